The van der Waals surface area contributed by atoms with Gasteiger partial charge in [-0.15, -0.1) is 0 Å². The normalized spacial score (nSPS) is 17.8. The molecule has 3 rings (SSSR count). The fraction of sp³-hybridized carbons (Fsp3) is 0.538. The van der Waals surface area contributed by atoms with Crippen molar-refractivity contribution in [3.05, 3.63) is 41.1 Å². The Morgan fingerprint density at radius 3 is 2.26 bits per heavy atom. The van der Waals surface area contributed by atoms with Crippen molar-refractivity contribution in [2.45, 2.75) is 51.7 Å². The Kier molecular flexibility index (Phi) is 9.83. The topological polar surface area (TPSA) is 111 Å². The summed E-state index contributed by atoms with van der Waals surface area (Å²) in [5, 5.41) is 10.0. The second-order valence-electron chi connectivity index (χ2n) is 9.57. The second-order valence-corrected chi connectivity index (χ2v) is 9.57. The molecule has 0 unspecified atom stereocenters. The number of hydrogen-bond donors (Lipinski definition) is 1. The predicted octanol–water partition coefficient (Wildman–Crippen LogP) is 5.25. The van der Waals surface area contributed by atoms with Gasteiger partial charge in [0, 0.05) is 32.3 Å². The summed E-state index contributed by atoms with van der Waals surface area (Å²) in [7, 11) is 2.79. The lowest BCUT2D eigenvalue weighted by Gasteiger charge is -2.36. The zero-order valence-corrected chi connectivity index (χ0v) is 22.0. The number of carboxylic acids is 1. The summed E-state index contributed by atoms with van der Waals surface area (Å²) >= 11 is 0. The summed E-state index contributed by atoms with van der Waals surface area (Å²) in [6.45, 7) is 3.07. The molecule has 0 saturated heterocycles. The molecule has 9 nitrogen and oxygen atoms in total. The maximum Gasteiger partial charge on any atom is 0.423 e. The van der Waals surface area contributed by atoms with Crippen molar-refractivity contribution in [1.82, 2.24) is 9.97 Å². The molecular weight excluding hydrogens is 526 g/mol. The number of aromatic carboxylic acids is 1. The number of aryl methyl sites for hydroxylation is 1. The molecule has 0 aliphatic heterocycles. The Labute approximate surface area is 223 Å². The Balaban J connectivity index is 2.13. The highest BCUT2D eigenvalue weighted by Gasteiger charge is 2.39. The Morgan fingerprint density at radius 1 is 1.10 bits per heavy atom. The van der Waals surface area contributed by atoms with Crippen molar-refractivity contribution in [3.8, 4) is 11.6 Å². The molecule has 0 radical (unpaired) electrons. The molecule has 13 heteroatoms. The van der Waals surface area contributed by atoms with Gasteiger partial charge in [-0.3, -0.25) is 4.79 Å². The van der Waals surface area contributed by atoms with E-state index >= 15 is 4.39 Å². The maximum absolute atomic E-state index is 15.4. The lowest BCUT2D eigenvalue weighted by molar-refractivity contribution is -0.139. The van der Waals surface area contributed by atoms with Crippen LogP contribution in [0.4, 0.5) is 23.2 Å². The Bertz CT molecular complexity index is 1180. The van der Waals surface area contributed by atoms with Gasteiger partial charge in [-0.1, -0.05) is 6.92 Å². The minimum absolute atomic E-state index is 0.0449. The summed E-state index contributed by atoms with van der Waals surface area (Å²) in [5.41, 5.74) is -2.62. The summed E-state index contributed by atoms with van der Waals surface area (Å²) in [6, 6.07) is 0.698. The summed E-state index contributed by atoms with van der Waals surface area (Å²) < 4.78 is 71.9. The second kappa shape index (κ2) is 12.7. The molecule has 1 heterocycles. The van der Waals surface area contributed by atoms with Gasteiger partial charge in [0.15, 0.2) is 11.6 Å². The van der Waals surface area contributed by atoms with Crippen LogP contribution in [0.1, 0.15) is 54.2 Å². The largest absolute Gasteiger partial charge is 0.478 e. The van der Waals surface area contributed by atoms with Gasteiger partial charge in [-0.25, -0.2) is 19.2 Å². The van der Waals surface area contributed by atoms with E-state index in [1.54, 1.807) is 0 Å². The number of methoxy groups -OCH3 is 2. The van der Waals surface area contributed by atoms with E-state index in [0.717, 1.165) is 38.2 Å². The third-order valence-electron chi connectivity index (χ3n) is 6.72. The van der Waals surface area contributed by atoms with Crippen LogP contribution in [0.25, 0.3) is 0 Å². The van der Waals surface area contributed by atoms with Crippen molar-refractivity contribution in [2.24, 2.45) is 11.8 Å². The first-order valence-corrected chi connectivity index (χ1v) is 12.3. The first-order valence-electron chi connectivity index (χ1n) is 12.3. The van der Waals surface area contributed by atoms with E-state index in [9.17, 15) is 27.9 Å². The molecule has 1 saturated carbocycles. The minimum atomic E-state index is -4.92. The molecule has 2 aromatic rings. The zero-order valence-electron chi connectivity index (χ0n) is 22.0. The number of ether oxygens (including phenoxy) is 3. The van der Waals surface area contributed by atoms with Crippen LogP contribution in [0.3, 0.4) is 0 Å². The van der Waals surface area contributed by atoms with Crippen molar-refractivity contribution in [3.63, 3.8) is 0 Å². The summed E-state index contributed by atoms with van der Waals surface area (Å²) in [6.07, 6.45) is -1.35. The number of aromatic nitrogens is 2. The highest BCUT2D eigenvalue weighted by Crippen LogP contribution is 2.40. The van der Waals surface area contributed by atoms with Crippen LogP contribution in [0.15, 0.2) is 18.5 Å². The lowest BCUT2D eigenvalue weighted by Crippen LogP contribution is -2.49. The first-order chi connectivity index (χ1) is 18.4. The molecule has 0 spiro atoms. The number of hydrogen-bond acceptors (Lipinski definition) is 7. The van der Waals surface area contributed by atoms with E-state index in [-0.39, 0.29) is 18.9 Å². The fourth-order valence-corrected chi connectivity index (χ4v) is 4.73. The van der Waals surface area contributed by atoms with E-state index in [1.165, 1.54) is 19.1 Å². The Hall–Kier alpha value is -3.32. The van der Waals surface area contributed by atoms with Crippen LogP contribution in [-0.4, -0.2) is 60.4 Å². The van der Waals surface area contributed by atoms with Gasteiger partial charge in [-0.2, -0.15) is 13.2 Å². The summed E-state index contributed by atoms with van der Waals surface area (Å²) in [4.78, 5) is 34.3. The predicted molar refractivity (Wildman–Crippen MR) is 131 cm³/mol. The van der Waals surface area contributed by atoms with E-state index in [1.807, 2.05) is 0 Å². The van der Waals surface area contributed by atoms with E-state index in [4.69, 9.17) is 14.2 Å². The molecule has 39 heavy (non-hydrogen) atoms. The van der Waals surface area contributed by atoms with Gasteiger partial charge in [0.05, 0.1) is 36.2 Å². The van der Waals surface area contributed by atoms with Gasteiger partial charge in [-0.05, 0) is 38.5 Å². The number of carboxylic acid groups (broad SMARTS) is 1. The standard InChI is InChI=1S/C26H31F4N3O6/c1-14-5-7-16(8-6-14)24(34)33(17(11-37-3)12-38-4)20-10-19(27)21(9-18(20)25(35)36)39-23-22(26(28,29)30)15(2)31-13-32-23/h9-10,13-14,16-17H,5-8,11-12H2,1-4H3,(H,35,36)/t14-,16-. The molecular formula is C26H31F4N3O6. The molecule has 1 aromatic heterocycles. The zero-order chi connectivity index (χ0) is 28.9. The van der Waals surface area contributed by atoms with Crippen LogP contribution < -0.4 is 9.64 Å². The number of carbonyl (C=O) groups is 2. The SMILES string of the molecule is COCC(COC)N(c1cc(F)c(Oc2ncnc(C)c2C(F)(F)F)cc1C(=O)O)C(=O)[C@H]1CC[C@H](C)CC1. The Morgan fingerprint density at radius 2 is 1.72 bits per heavy atom. The molecule has 0 atom stereocenters. The van der Waals surface area contributed by atoms with Gasteiger partial charge < -0.3 is 24.2 Å². The van der Waals surface area contributed by atoms with Crippen LogP contribution >= 0.6 is 0 Å². The fourth-order valence-electron chi connectivity index (χ4n) is 4.73. The number of halogens is 4. The van der Waals surface area contributed by atoms with E-state index in [0.29, 0.717) is 18.8 Å². The monoisotopic (exact) mass is 557 g/mol. The highest BCUT2D eigenvalue weighted by molar-refractivity contribution is 6.03. The molecule has 214 valence electrons. The number of anilines is 1. The van der Waals surface area contributed by atoms with Crippen molar-refractivity contribution in [2.75, 3.05) is 32.3 Å². The van der Waals surface area contributed by atoms with Crippen LogP contribution in [0.5, 0.6) is 11.6 Å². The lowest BCUT2D eigenvalue weighted by atomic mass is 9.82. The van der Waals surface area contributed by atoms with Crippen molar-refractivity contribution >= 4 is 17.6 Å². The number of benzene rings is 1. The van der Waals surface area contributed by atoms with Gasteiger partial charge >= 0.3 is 12.1 Å². The van der Waals surface area contributed by atoms with Gasteiger partial charge in [0.25, 0.3) is 0 Å². The van der Waals surface area contributed by atoms with Gasteiger partial charge in [0.2, 0.25) is 11.8 Å². The van der Waals surface area contributed by atoms with Crippen LogP contribution in [0.2, 0.25) is 0 Å². The average Bonchev–Trinajstić information content (AvgIpc) is 2.85. The van der Waals surface area contributed by atoms with E-state index < -0.39 is 64.3 Å². The van der Waals surface area contributed by atoms with Crippen LogP contribution in [-0.2, 0) is 20.4 Å². The quantitative estimate of drug-likeness (QED) is 0.394. The first kappa shape index (κ1) is 30.2. The number of carbonyl (C=O) groups excluding carboxylic acids is 1. The minimum Gasteiger partial charge on any atom is -0.478 e. The molecule has 0 bridgehead atoms. The van der Waals surface area contributed by atoms with Crippen molar-refractivity contribution in [1.29, 1.82) is 0 Å². The number of rotatable bonds is 10. The van der Waals surface area contributed by atoms with Crippen molar-refractivity contribution < 1.29 is 46.5 Å². The molecule has 1 amide bonds. The van der Waals surface area contributed by atoms with Crippen LogP contribution in [0, 0.1) is 24.6 Å². The smallest absolute Gasteiger partial charge is 0.423 e. The summed E-state index contributed by atoms with van der Waals surface area (Å²) in [5.74, 6) is -4.95. The third-order valence-corrected chi connectivity index (χ3v) is 6.72. The molecule has 1 aliphatic carbocycles. The number of nitrogens with zero attached hydrogens (tertiary/aromatic N) is 3. The average molecular weight is 558 g/mol. The third kappa shape index (κ3) is 7.01. The van der Waals surface area contributed by atoms with E-state index in [2.05, 4.69) is 16.9 Å². The molecule has 1 aliphatic rings. The maximum atomic E-state index is 15.4. The molecule has 1 fully saturated rings. The highest BCUT2D eigenvalue weighted by atomic mass is 19.4. The number of amides is 1. The molecule has 1 N–H and O–H groups in total. The molecule has 1 aromatic carbocycles. The number of alkyl halides is 3. The van der Waals surface area contributed by atoms with Gasteiger partial charge in [0.1, 0.15) is 11.9 Å².